The molecule has 82 valence electrons. The fraction of sp³-hybridized carbons (Fsp3) is 1.00. The van der Waals surface area contributed by atoms with Crippen molar-refractivity contribution in [2.45, 2.75) is 13.3 Å². The first-order valence-corrected chi connectivity index (χ1v) is 6.91. The van der Waals surface area contributed by atoms with E-state index in [1.165, 1.54) is 31.0 Å². The van der Waals surface area contributed by atoms with Crippen molar-refractivity contribution in [1.82, 2.24) is 4.90 Å². The van der Waals surface area contributed by atoms with Crippen molar-refractivity contribution in [3.63, 3.8) is 0 Å². The molecule has 2 aliphatic rings. The Hall–Kier alpha value is 0.270. The van der Waals surface area contributed by atoms with Gasteiger partial charge in [0.05, 0.1) is 6.61 Å². The molecule has 0 aromatic rings. The Bertz CT molecular complexity index is 165. The molecule has 2 aliphatic heterocycles. The third-order valence-corrected chi connectivity index (χ3v) is 4.58. The number of likely N-dealkylation sites (tertiary alicyclic amines) is 1. The molecule has 14 heavy (non-hydrogen) atoms. The number of hydrogen-bond acceptors (Lipinski definition) is 3. The highest BCUT2D eigenvalue weighted by Crippen LogP contribution is 2.32. The molecular formula is C11H21NOS. The van der Waals surface area contributed by atoms with Crippen molar-refractivity contribution in [1.29, 1.82) is 0 Å². The van der Waals surface area contributed by atoms with Gasteiger partial charge in [0.25, 0.3) is 0 Å². The standard InChI is InChI=1S/C11H21NOS/c1-2-13-4-3-12-6-10-5-11(7-12)9-14-8-10/h10-11H,2-9H2,1H3. The monoisotopic (exact) mass is 215 g/mol. The Morgan fingerprint density at radius 3 is 2.64 bits per heavy atom. The molecule has 2 rings (SSSR count). The van der Waals surface area contributed by atoms with Crippen molar-refractivity contribution < 1.29 is 4.74 Å². The van der Waals surface area contributed by atoms with Crippen LogP contribution in [0.4, 0.5) is 0 Å². The lowest BCUT2D eigenvalue weighted by Crippen LogP contribution is -2.45. The minimum atomic E-state index is 0.858. The van der Waals surface area contributed by atoms with Crippen LogP contribution in [0.25, 0.3) is 0 Å². The zero-order valence-electron chi connectivity index (χ0n) is 9.08. The van der Waals surface area contributed by atoms with Crippen LogP contribution in [0.5, 0.6) is 0 Å². The fourth-order valence-electron chi connectivity index (χ4n) is 2.59. The first kappa shape index (κ1) is 10.8. The Balaban J connectivity index is 1.72. The lowest BCUT2D eigenvalue weighted by Gasteiger charge is -2.40. The van der Waals surface area contributed by atoms with Gasteiger partial charge in [-0.15, -0.1) is 0 Å². The number of ether oxygens (including phenoxy) is 1. The van der Waals surface area contributed by atoms with Crippen LogP contribution in [0.15, 0.2) is 0 Å². The van der Waals surface area contributed by atoms with E-state index in [9.17, 15) is 0 Å². The number of fused-ring (bicyclic) bond motifs is 2. The van der Waals surface area contributed by atoms with Gasteiger partial charge in [-0.1, -0.05) is 0 Å². The summed E-state index contributed by atoms with van der Waals surface area (Å²) in [4.78, 5) is 2.61. The molecular weight excluding hydrogens is 194 g/mol. The van der Waals surface area contributed by atoms with E-state index in [1.807, 2.05) is 0 Å². The SMILES string of the molecule is CCOCCN1CC2CSCC(C2)C1. The quantitative estimate of drug-likeness (QED) is 0.662. The van der Waals surface area contributed by atoms with Gasteiger partial charge in [-0.05, 0) is 36.7 Å². The van der Waals surface area contributed by atoms with Crippen molar-refractivity contribution in [2.75, 3.05) is 44.4 Å². The highest BCUT2D eigenvalue weighted by atomic mass is 32.2. The smallest absolute Gasteiger partial charge is 0.0593 e. The highest BCUT2D eigenvalue weighted by molar-refractivity contribution is 7.99. The molecule has 2 atom stereocenters. The zero-order valence-corrected chi connectivity index (χ0v) is 9.89. The molecule has 0 N–H and O–H groups in total. The molecule has 2 bridgehead atoms. The summed E-state index contributed by atoms with van der Waals surface area (Å²) in [5.74, 6) is 4.71. The third-order valence-electron chi connectivity index (χ3n) is 3.16. The number of nitrogens with zero attached hydrogens (tertiary/aromatic N) is 1. The summed E-state index contributed by atoms with van der Waals surface area (Å²) in [7, 11) is 0. The van der Waals surface area contributed by atoms with E-state index < -0.39 is 0 Å². The van der Waals surface area contributed by atoms with Gasteiger partial charge in [0.1, 0.15) is 0 Å². The van der Waals surface area contributed by atoms with Crippen LogP contribution < -0.4 is 0 Å². The van der Waals surface area contributed by atoms with Crippen LogP contribution in [0, 0.1) is 11.8 Å². The maximum absolute atomic E-state index is 5.41. The van der Waals surface area contributed by atoms with Gasteiger partial charge in [0, 0.05) is 26.2 Å². The summed E-state index contributed by atoms with van der Waals surface area (Å²) < 4.78 is 5.41. The van der Waals surface area contributed by atoms with Crippen molar-refractivity contribution in [3.05, 3.63) is 0 Å². The fourth-order valence-corrected chi connectivity index (χ4v) is 3.87. The predicted molar refractivity (Wildman–Crippen MR) is 61.9 cm³/mol. The van der Waals surface area contributed by atoms with Gasteiger partial charge < -0.3 is 9.64 Å². The molecule has 2 fully saturated rings. The lowest BCUT2D eigenvalue weighted by molar-refractivity contribution is 0.0790. The topological polar surface area (TPSA) is 12.5 Å². The van der Waals surface area contributed by atoms with Gasteiger partial charge in [0.2, 0.25) is 0 Å². The van der Waals surface area contributed by atoms with Gasteiger partial charge in [0.15, 0.2) is 0 Å². The van der Waals surface area contributed by atoms with E-state index >= 15 is 0 Å². The zero-order chi connectivity index (χ0) is 9.80. The van der Waals surface area contributed by atoms with Crippen LogP contribution in [-0.4, -0.2) is 49.3 Å². The Morgan fingerprint density at radius 2 is 2.00 bits per heavy atom. The number of piperidine rings is 1. The largest absolute Gasteiger partial charge is 0.380 e. The number of rotatable bonds is 4. The summed E-state index contributed by atoms with van der Waals surface area (Å²) in [5.41, 5.74) is 0. The minimum absolute atomic E-state index is 0.858. The molecule has 0 aliphatic carbocycles. The first-order chi connectivity index (χ1) is 6.88. The summed E-state index contributed by atoms with van der Waals surface area (Å²) in [6, 6.07) is 0. The average molecular weight is 215 g/mol. The normalized spacial score (nSPS) is 33.2. The molecule has 3 heteroatoms. The highest BCUT2D eigenvalue weighted by Gasteiger charge is 2.30. The molecule has 0 radical (unpaired) electrons. The molecule has 2 heterocycles. The van der Waals surface area contributed by atoms with Crippen LogP contribution in [0.1, 0.15) is 13.3 Å². The second-order valence-corrected chi connectivity index (χ2v) is 5.54. The van der Waals surface area contributed by atoms with Gasteiger partial charge >= 0.3 is 0 Å². The Labute approximate surface area is 91.4 Å². The number of hydrogen-bond donors (Lipinski definition) is 0. The van der Waals surface area contributed by atoms with Gasteiger partial charge in [-0.25, -0.2) is 0 Å². The van der Waals surface area contributed by atoms with Crippen LogP contribution in [0.2, 0.25) is 0 Å². The molecule has 0 aromatic heterocycles. The maximum Gasteiger partial charge on any atom is 0.0593 e. The summed E-state index contributed by atoms with van der Waals surface area (Å²) >= 11 is 2.16. The number of thioether (sulfide) groups is 1. The maximum atomic E-state index is 5.41. The van der Waals surface area contributed by atoms with Gasteiger partial charge in [-0.2, -0.15) is 11.8 Å². The second kappa shape index (κ2) is 5.38. The van der Waals surface area contributed by atoms with Crippen molar-refractivity contribution in [3.8, 4) is 0 Å². The molecule has 0 aromatic carbocycles. The van der Waals surface area contributed by atoms with E-state index in [-0.39, 0.29) is 0 Å². The Morgan fingerprint density at radius 1 is 1.29 bits per heavy atom. The Kier molecular flexibility index (Phi) is 4.14. The van der Waals surface area contributed by atoms with Crippen LogP contribution in [0.3, 0.4) is 0 Å². The molecule has 2 saturated heterocycles. The molecule has 0 amide bonds. The third kappa shape index (κ3) is 2.88. The van der Waals surface area contributed by atoms with Crippen molar-refractivity contribution in [2.24, 2.45) is 11.8 Å². The molecule has 0 spiro atoms. The second-order valence-electron chi connectivity index (χ2n) is 4.46. The molecule has 0 saturated carbocycles. The summed E-state index contributed by atoms with van der Waals surface area (Å²) in [5, 5.41) is 0. The van der Waals surface area contributed by atoms with E-state index in [4.69, 9.17) is 4.74 Å². The van der Waals surface area contributed by atoms with E-state index in [2.05, 4.69) is 23.6 Å². The van der Waals surface area contributed by atoms with Gasteiger partial charge in [-0.3, -0.25) is 0 Å². The minimum Gasteiger partial charge on any atom is -0.380 e. The van der Waals surface area contributed by atoms with Crippen molar-refractivity contribution >= 4 is 11.8 Å². The van der Waals surface area contributed by atoms with Crippen LogP contribution in [-0.2, 0) is 4.74 Å². The predicted octanol–water partition coefficient (Wildman–Crippen LogP) is 1.71. The van der Waals surface area contributed by atoms with E-state index in [0.29, 0.717) is 0 Å². The molecule has 2 unspecified atom stereocenters. The summed E-state index contributed by atoms with van der Waals surface area (Å²) in [6.45, 7) is 7.62. The summed E-state index contributed by atoms with van der Waals surface area (Å²) in [6.07, 6.45) is 1.48. The lowest BCUT2D eigenvalue weighted by atomic mass is 9.91. The van der Waals surface area contributed by atoms with E-state index in [1.54, 1.807) is 0 Å². The average Bonchev–Trinajstić information content (AvgIpc) is 2.18. The van der Waals surface area contributed by atoms with E-state index in [0.717, 1.165) is 31.6 Å². The molecule has 2 nitrogen and oxygen atoms in total. The van der Waals surface area contributed by atoms with Crippen LogP contribution >= 0.6 is 11.8 Å². The first-order valence-electron chi connectivity index (χ1n) is 5.76.